The van der Waals surface area contributed by atoms with Crippen molar-refractivity contribution >= 4 is 0 Å². The Morgan fingerprint density at radius 2 is 1.85 bits per heavy atom. The molecule has 1 aliphatic rings. The number of benzene rings is 2. The average molecular weight is 260 g/mol. The Morgan fingerprint density at radius 1 is 1.00 bits per heavy atom. The van der Waals surface area contributed by atoms with E-state index in [1.807, 2.05) is 12.3 Å². The van der Waals surface area contributed by atoms with E-state index in [4.69, 9.17) is 0 Å². The van der Waals surface area contributed by atoms with Gasteiger partial charge in [-0.15, -0.1) is 0 Å². The molecule has 0 N–H and O–H groups in total. The predicted molar refractivity (Wildman–Crippen MR) is 81.5 cm³/mol. The molecule has 98 valence electrons. The van der Waals surface area contributed by atoms with Crippen molar-refractivity contribution in [3.05, 3.63) is 65.9 Å². The summed E-state index contributed by atoms with van der Waals surface area (Å²) in [6, 6.07) is 17.0. The smallest absolute Gasteiger partial charge is 0.140 e. The lowest BCUT2D eigenvalue weighted by atomic mass is 9.94. The summed E-state index contributed by atoms with van der Waals surface area (Å²) >= 11 is 0. The molecule has 0 amide bonds. The molecule has 0 saturated heterocycles. The summed E-state index contributed by atoms with van der Waals surface area (Å²) in [7, 11) is 0. The van der Waals surface area contributed by atoms with Crippen molar-refractivity contribution in [1.82, 2.24) is 9.55 Å². The van der Waals surface area contributed by atoms with Gasteiger partial charge in [0.2, 0.25) is 0 Å². The van der Waals surface area contributed by atoms with Crippen LogP contribution in [0.3, 0.4) is 0 Å². The highest BCUT2D eigenvalue weighted by Crippen LogP contribution is 2.35. The monoisotopic (exact) mass is 260 g/mol. The summed E-state index contributed by atoms with van der Waals surface area (Å²) in [5, 5.41) is 0. The van der Waals surface area contributed by atoms with E-state index in [2.05, 4.69) is 58.9 Å². The van der Waals surface area contributed by atoms with E-state index >= 15 is 0 Å². The van der Waals surface area contributed by atoms with Crippen molar-refractivity contribution in [3.63, 3.8) is 0 Å². The number of fused-ring (bicyclic) bond motifs is 3. The molecule has 2 nitrogen and oxygen atoms in total. The van der Waals surface area contributed by atoms with Gasteiger partial charge in [0.25, 0.3) is 0 Å². The minimum Gasteiger partial charge on any atom is -0.324 e. The van der Waals surface area contributed by atoms with E-state index in [1.165, 1.54) is 27.9 Å². The van der Waals surface area contributed by atoms with Crippen molar-refractivity contribution in [2.45, 2.75) is 19.9 Å². The van der Waals surface area contributed by atoms with Gasteiger partial charge < -0.3 is 4.57 Å². The molecule has 2 heterocycles. The van der Waals surface area contributed by atoms with E-state index in [1.54, 1.807) is 0 Å². The van der Waals surface area contributed by atoms with Gasteiger partial charge in [0.1, 0.15) is 5.82 Å². The summed E-state index contributed by atoms with van der Waals surface area (Å²) in [5.41, 5.74) is 6.59. The molecule has 2 heteroatoms. The normalized spacial score (nSPS) is 12.8. The Bertz CT molecular complexity index is 769. The Kier molecular flexibility index (Phi) is 2.49. The van der Waals surface area contributed by atoms with Gasteiger partial charge in [-0.1, -0.05) is 48.5 Å². The topological polar surface area (TPSA) is 17.8 Å². The van der Waals surface area contributed by atoms with Gasteiger partial charge in [-0.2, -0.15) is 0 Å². The van der Waals surface area contributed by atoms with Crippen LogP contribution >= 0.6 is 0 Å². The molecule has 0 spiro atoms. The maximum atomic E-state index is 4.67. The number of aryl methyl sites for hydroxylation is 2. The standard InChI is InChI=1S/C18H16N2/c1-13-6-5-9-14-10-11-20-16(17(13)14)12-19-18(20)15-7-3-2-4-8-15/h2-9,12H,10-11H2,1H3. The van der Waals surface area contributed by atoms with E-state index in [0.29, 0.717) is 0 Å². The lowest BCUT2D eigenvalue weighted by Crippen LogP contribution is -2.12. The van der Waals surface area contributed by atoms with Gasteiger partial charge in [-0.25, -0.2) is 4.98 Å². The largest absolute Gasteiger partial charge is 0.324 e. The predicted octanol–water partition coefficient (Wildman–Crippen LogP) is 4.08. The molecular weight excluding hydrogens is 244 g/mol. The van der Waals surface area contributed by atoms with Crippen LogP contribution in [-0.2, 0) is 13.0 Å². The Morgan fingerprint density at radius 3 is 2.70 bits per heavy atom. The molecule has 0 unspecified atom stereocenters. The highest BCUT2D eigenvalue weighted by molar-refractivity contribution is 5.72. The second-order valence-electron chi connectivity index (χ2n) is 5.34. The zero-order chi connectivity index (χ0) is 13.5. The molecule has 0 atom stereocenters. The van der Waals surface area contributed by atoms with Crippen LogP contribution in [0.15, 0.2) is 54.7 Å². The third kappa shape index (κ3) is 1.61. The highest BCUT2D eigenvalue weighted by atomic mass is 15.1. The van der Waals surface area contributed by atoms with Crippen molar-refractivity contribution in [2.24, 2.45) is 0 Å². The van der Waals surface area contributed by atoms with Gasteiger partial charge >= 0.3 is 0 Å². The number of hydrogen-bond donors (Lipinski definition) is 0. The molecule has 1 aliphatic heterocycles. The molecule has 2 aromatic carbocycles. The number of rotatable bonds is 1. The summed E-state index contributed by atoms with van der Waals surface area (Å²) in [4.78, 5) is 4.67. The average Bonchev–Trinajstić information content (AvgIpc) is 2.92. The number of hydrogen-bond acceptors (Lipinski definition) is 1. The van der Waals surface area contributed by atoms with E-state index in [0.717, 1.165) is 18.8 Å². The lowest BCUT2D eigenvalue weighted by molar-refractivity contribution is 0.690. The fourth-order valence-corrected chi connectivity index (χ4v) is 3.15. The van der Waals surface area contributed by atoms with E-state index < -0.39 is 0 Å². The first-order valence-corrected chi connectivity index (χ1v) is 7.04. The first-order chi connectivity index (χ1) is 9.84. The third-order valence-electron chi connectivity index (χ3n) is 4.11. The molecule has 0 bridgehead atoms. The van der Waals surface area contributed by atoms with Crippen LogP contribution in [0.4, 0.5) is 0 Å². The zero-order valence-electron chi connectivity index (χ0n) is 11.5. The minimum absolute atomic E-state index is 1.01. The van der Waals surface area contributed by atoms with Crippen molar-refractivity contribution in [2.75, 3.05) is 0 Å². The molecule has 0 aliphatic carbocycles. The summed E-state index contributed by atoms with van der Waals surface area (Å²) in [6.45, 7) is 3.19. The van der Waals surface area contributed by atoms with Crippen LogP contribution in [0.25, 0.3) is 22.6 Å². The fraction of sp³-hybridized carbons (Fsp3) is 0.167. The Hall–Kier alpha value is -2.35. The molecule has 0 radical (unpaired) electrons. The van der Waals surface area contributed by atoms with Crippen LogP contribution in [0.1, 0.15) is 11.1 Å². The summed E-state index contributed by atoms with van der Waals surface area (Å²) in [6.07, 6.45) is 3.10. The van der Waals surface area contributed by atoms with Gasteiger partial charge in [0.05, 0.1) is 11.9 Å². The molecule has 1 aromatic heterocycles. The molecular formula is C18H16N2. The van der Waals surface area contributed by atoms with Crippen LogP contribution in [-0.4, -0.2) is 9.55 Å². The van der Waals surface area contributed by atoms with E-state index in [-0.39, 0.29) is 0 Å². The molecule has 4 rings (SSSR count). The second-order valence-corrected chi connectivity index (χ2v) is 5.34. The fourth-order valence-electron chi connectivity index (χ4n) is 3.15. The van der Waals surface area contributed by atoms with Crippen molar-refractivity contribution in [1.29, 1.82) is 0 Å². The SMILES string of the molecule is Cc1cccc2c1-c1cnc(-c3ccccc3)n1CC2. The van der Waals surface area contributed by atoms with Crippen molar-refractivity contribution < 1.29 is 0 Å². The number of aromatic nitrogens is 2. The minimum atomic E-state index is 1.01. The van der Waals surface area contributed by atoms with Crippen LogP contribution in [0, 0.1) is 6.92 Å². The molecule has 3 aromatic rings. The first kappa shape index (κ1) is 11.5. The van der Waals surface area contributed by atoms with Gasteiger partial charge in [-0.3, -0.25) is 0 Å². The summed E-state index contributed by atoms with van der Waals surface area (Å²) in [5.74, 6) is 1.08. The maximum absolute atomic E-state index is 4.67. The first-order valence-electron chi connectivity index (χ1n) is 7.04. The Labute approximate surface area is 118 Å². The molecule has 0 saturated carbocycles. The Balaban J connectivity index is 1.93. The van der Waals surface area contributed by atoms with Crippen LogP contribution < -0.4 is 0 Å². The third-order valence-corrected chi connectivity index (χ3v) is 4.11. The maximum Gasteiger partial charge on any atom is 0.140 e. The van der Waals surface area contributed by atoms with E-state index in [9.17, 15) is 0 Å². The van der Waals surface area contributed by atoms with Crippen LogP contribution in [0.2, 0.25) is 0 Å². The number of nitrogens with zero attached hydrogens (tertiary/aromatic N) is 2. The van der Waals surface area contributed by atoms with Crippen molar-refractivity contribution in [3.8, 4) is 22.6 Å². The lowest BCUT2D eigenvalue weighted by Gasteiger charge is -2.22. The number of imidazole rings is 1. The zero-order valence-corrected chi connectivity index (χ0v) is 11.5. The highest BCUT2D eigenvalue weighted by Gasteiger charge is 2.21. The molecule has 0 fully saturated rings. The summed E-state index contributed by atoms with van der Waals surface area (Å²) < 4.78 is 2.35. The van der Waals surface area contributed by atoms with Gasteiger partial charge in [0, 0.05) is 17.7 Å². The quantitative estimate of drug-likeness (QED) is 0.644. The van der Waals surface area contributed by atoms with Gasteiger partial charge in [-0.05, 0) is 24.5 Å². The van der Waals surface area contributed by atoms with Gasteiger partial charge in [0.15, 0.2) is 0 Å². The second kappa shape index (κ2) is 4.34. The van der Waals surface area contributed by atoms with Crippen LogP contribution in [0.5, 0.6) is 0 Å². The molecule has 20 heavy (non-hydrogen) atoms.